The lowest BCUT2D eigenvalue weighted by molar-refractivity contribution is 0.300. The molecule has 2 nitrogen and oxygen atoms in total. The number of nitrogens with one attached hydrogen (secondary N) is 1. The van der Waals surface area contributed by atoms with Crippen LogP contribution in [0, 0.1) is 6.92 Å². The highest BCUT2D eigenvalue weighted by molar-refractivity contribution is 6.42. The van der Waals surface area contributed by atoms with Crippen LogP contribution in [0.15, 0.2) is 36.4 Å². The molecule has 0 heterocycles. The fraction of sp³-hybridized carbons (Fsp3) is 0.294. The molecule has 0 saturated heterocycles. The summed E-state index contributed by atoms with van der Waals surface area (Å²) in [6.07, 6.45) is 0. The highest BCUT2D eigenvalue weighted by atomic mass is 35.5. The van der Waals surface area contributed by atoms with E-state index in [9.17, 15) is 0 Å². The Balaban J connectivity index is 2.22. The van der Waals surface area contributed by atoms with Crippen LogP contribution in [0.25, 0.3) is 0 Å². The first-order valence-corrected chi connectivity index (χ1v) is 7.62. The van der Waals surface area contributed by atoms with Crippen LogP contribution in [0.1, 0.15) is 29.7 Å². The lowest BCUT2D eigenvalue weighted by atomic mass is 10.0. The molecule has 0 amide bonds. The Kier molecular flexibility index (Phi) is 5.51. The Morgan fingerprint density at radius 1 is 1.19 bits per heavy atom. The van der Waals surface area contributed by atoms with Crippen molar-refractivity contribution in [1.29, 1.82) is 0 Å². The molecule has 2 aromatic carbocycles. The van der Waals surface area contributed by atoms with Gasteiger partial charge in [0.25, 0.3) is 0 Å². The molecule has 1 atom stereocenters. The third kappa shape index (κ3) is 3.91. The largest absolute Gasteiger partial charge is 0.489 e. The van der Waals surface area contributed by atoms with Gasteiger partial charge in [-0.2, -0.15) is 0 Å². The molecule has 2 rings (SSSR count). The summed E-state index contributed by atoms with van der Waals surface area (Å²) in [7, 11) is 1.94. The summed E-state index contributed by atoms with van der Waals surface area (Å²) in [6.45, 7) is 4.57. The maximum atomic E-state index is 6.19. The van der Waals surface area contributed by atoms with Crippen molar-refractivity contribution in [2.75, 3.05) is 7.05 Å². The third-order valence-electron chi connectivity index (χ3n) is 3.48. The summed E-state index contributed by atoms with van der Waals surface area (Å²) in [5.41, 5.74) is 3.23. The summed E-state index contributed by atoms with van der Waals surface area (Å²) >= 11 is 12.2. The van der Waals surface area contributed by atoms with Gasteiger partial charge >= 0.3 is 0 Å². The second-order valence-corrected chi connectivity index (χ2v) is 5.84. The van der Waals surface area contributed by atoms with Gasteiger partial charge in [0, 0.05) is 17.2 Å². The molecule has 0 fully saturated rings. The number of halogens is 2. The molecule has 1 N–H and O–H groups in total. The number of ether oxygens (including phenoxy) is 1. The molecule has 21 heavy (non-hydrogen) atoms. The average Bonchev–Trinajstić information content (AvgIpc) is 2.49. The first-order chi connectivity index (χ1) is 10.0. The van der Waals surface area contributed by atoms with Gasteiger partial charge in [0.2, 0.25) is 0 Å². The van der Waals surface area contributed by atoms with Crippen LogP contribution in [0.2, 0.25) is 10.0 Å². The Hall–Kier alpha value is -1.22. The van der Waals surface area contributed by atoms with Gasteiger partial charge in [0.15, 0.2) is 0 Å². The van der Waals surface area contributed by atoms with E-state index in [-0.39, 0.29) is 6.04 Å². The van der Waals surface area contributed by atoms with Gasteiger partial charge in [0.05, 0.1) is 10.0 Å². The monoisotopic (exact) mass is 323 g/mol. The highest BCUT2D eigenvalue weighted by Crippen LogP contribution is 2.29. The van der Waals surface area contributed by atoms with Crippen LogP contribution in [0.3, 0.4) is 0 Å². The van der Waals surface area contributed by atoms with Gasteiger partial charge in [-0.1, -0.05) is 53.0 Å². The van der Waals surface area contributed by atoms with Crippen LogP contribution < -0.4 is 10.1 Å². The van der Waals surface area contributed by atoms with Crippen LogP contribution in [0.4, 0.5) is 0 Å². The minimum atomic E-state index is 0.217. The third-order valence-corrected chi connectivity index (χ3v) is 4.34. The zero-order valence-electron chi connectivity index (χ0n) is 12.4. The predicted octanol–water partition coefficient (Wildman–Crippen LogP) is 5.16. The lowest BCUT2D eigenvalue weighted by Gasteiger charge is -2.17. The summed E-state index contributed by atoms with van der Waals surface area (Å²) in [6, 6.07) is 12.0. The number of aryl methyl sites for hydroxylation is 1. The second-order valence-electron chi connectivity index (χ2n) is 5.05. The quantitative estimate of drug-likeness (QED) is 0.820. The van der Waals surface area contributed by atoms with Crippen molar-refractivity contribution in [2.24, 2.45) is 0 Å². The van der Waals surface area contributed by atoms with Gasteiger partial charge in [-0.05, 0) is 33.0 Å². The van der Waals surface area contributed by atoms with Gasteiger partial charge in [-0.15, -0.1) is 0 Å². The summed E-state index contributed by atoms with van der Waals surface area (Å²) in [4.78, 5) is 0. The highest BCUT2D eigenvalue weighted by Gasteiger charge is 2.12. The van der Waals surface area contributed by atoms with Crippen LogP contribution in [-0.4, -0.2) is 7.05 Å². The smallest absolute Gasteiger partial charge is 0.124 e. The zero-order valence-corrected chi connectivity index (χ0v) is 13.9. The number of hydrogen-bond acceptors (Lipinski definition) is 2. The standard InChI is InChI=1S/C17H19Cl2NO/c1-11-7-8-16(14(9-11)12(2)20-3)21-10-13-5-4-6-15(18)17(13)19/h4-9,12,20H,10H2,1-3H3. The summed E-state index contributed by atoms with van der Waals surface area (Å²) < 4.78 is 5.95. The van der Waals surface area contributed by atoms with Crippen molar-refractivity contribution < 1.29 is 4.74 Å². The van der Waals surface area contributed by atoms with E-state index in [1.54, 1.807) is 6.07 Å². The van der Waals surface area contributed by atoms with Crippen LogP contribution in [0.5, 0.6) is 5.75 Å². The first kappa shape index (κ1) is 16.2. The van der Waals surface area contributed by atoms with E-state index in [0.29, 0.717) is 16.7 Å². The molecular formula is C17H19Cl2NO. The van der Waals surface area contributed by atoms with Gasteiger partial charge in [-0.3, -0.25) is 0 Å². The minimum Gasteiger partial charge on any atom is -0.489 e. The molecule has 0 aliphatic heterocycles. The van der Waals surface area contributed by atoms with E-state index in [1.807, 2.05) is 31.3 Å². The van der Waals surface area contributed by atoms with E-state index in [2.05, 4.69) is 25.2 Å². The molecule has 1 unspecified atom stereocenters. The molecule has 0 aliphatic carbocycles. The van der Waals surface area contributed by atoms with E-state index in [4.69, 9.17) is 27.9 Å². The topological polar surface area (TPSA) is 21.3 Å². The SMILES string of the molecule is CNC(C)c1cc(C)ccc1OCc1cccc(Cl)c1Cl. The van der Waals surface area contributed by atoms with E-state index >= 15 is 0 Å². The van der Waals surface area contributed by atoms with Crippen molar-refractivity contribution in [3.63, 3.8) is 0 Å². The lowest BCUT2D eigenvalue weighted by Crippen LogP contribution is -2.14. The van der Waals surface area contributed by atoms with Crippen LogP contribution >= 0.6 is 23.2 Å². The Morgan fingerprint density at radius 2 is 1.95 bits per heavy atom. The normalized spacial score (nSPS) is 12.2. The van der Waals surface area contributed by atoms with Crippen molar-refractivity contribution in [3.05, 3.63) is 63.1 Å². The molecule has 112 valence electrons. The molecule has 0 aromatic heterocycles. The van der Waals surface area contributed by atoms with Crippen molar-refractivity contribution in [1.82, 2.24) is 5.32 Å². The molecule has 4 heteroatoms. The number of benzene rings is 2. The molecule has 0 radical (unpaired) electrons. The summed E-state index contributed by atoms with van der Waals surface area (Å²) in [5, 5.41) is 4.34. The predicted molar refractivity (Wildman–Crippen MR) is 89.4 cm³/mol. The minimum absolute atomic E-state index is 0.217. The molecular weight excluding hydrogens is 305 g/mol. The number of hydrogen-bond donors (Lipinski definition) is 1. The van der Waals surface area contributed by atoms with Crippen molar-refractivity contribution >= 4 is 23.2 Å². The molecule has 0 saturated carbocycles. The Bertz CT molecular complexity index is 628. The molecule has 0 aliphatic rings. The molecule has 0 spiro atoms. The van der Waals surface area contributed by atoms with E-state index < -0.39 is 0 Å². The Morgan fingerprint density at radius 3 is 2.67 bits per heavy atom. The zero-order chi connectivity index (χ0) is 15.4. The molecule has 0 bridgehead atoms. The molecule has 2 aromatic rings. The second kappa shape index (κ2) is 7.17. The van der Waals surface area contributed by atoms with E-state index in [0.717, 1.165) is 16.9 Å². The van der Waals surface area contributed by atoms with E-state index in [1.165, 1.54) is 5.56 Å². The maximum Gasteiger partial charge on any atom is 0.124 e. The number of rotatable bonds is 5. The fourth-order valence-electron chi connectivity index (χ4n) is 2.11. The van der Waals surface area contributed by atoms with Crippen molar-refractivity contribution in [2.45, 2.75) is 26.5 Å². The maximum absolute atomic E-state index is 6.19. The summed E-state index contributed by atoms with van der Waals surface area (Å²) in [5.74, 6) is 0.860. The van der Waals surface area contributed by atoms with Gasteiger partial charge in [0.1, 0.15) is 12.4 Å². The first-order valence-electron chi connectivity index (χ1n) is 6.86. The average molecular weight is 324 g/mol. The van der Waals surface area contributed by atoms with Crippen LogP contribution in [-0.2, 0) is 6.61 Å². The van der Waals surface area contributed by atoms with Gasteiger partial charge < -0.3 is 10.1 Å². The Labute approximate surface area is 136 Å². The van der Waals surface area contributed by atoms with Crippen molar-refractivity contribution in [3.8, 4) is 5.75 Å². The fourth-order valence-corrected chi connectivity index (χ4v) is 2.48. The van der Waals surface area contributed by atoms with Gasteiger partial charge in [-0.25, -0.2) is 0 Å².